The highest BCUT2D eigenvalue weighted by Crippen LogP contribution is 2.29. The number of nitrogens with zero attached hydrogens (tertiary/aromatic N) is 2. The molecule has 1 heterocycles. The van der Waals surface area contributed by atoms with Gasteiger partial charge in [0.25, 0.3) is 0 Å². The second-order valence-electron chi connectivity index (χ2n) is 7.85. The molecule has 0 N–H and O–H groups in total. The van der Waals surface area contributed by atoms with Crippen molar-refractivity contribution in [2.45, 2.75) is 78.1 Å². The minimum Gasteiger partial charge on any atom is -0.494 e. The molecule has 0 radical (unpaired) electrons. The van der Waals surface area contributed by atoms with Gasteiger partial charge in [0, 0.05) is 17.5 Å². The van der Waals surface area contributed by atoms with Crippen LogP contribution in [-0.4, -0.2) is 16.6 Å². The summed E-state index contributed by atoms with van der Waals surface area (Å²) in [4.78, 5) is 9.54. The molecular weight excluding hydrogens is 332 g/mol. The maximum Gasteiger partial charge on any atom is 0.159 e. The molecule has 0 spiro atoms. The quantitative estimate of drug-likeness (QED) is 0.456. The van der Waals surface area contributed by atoms with E-state index in [0.29, 0.717) is 0 Å². The smallest absolute Gasteiger partial charge is 0.159 e. The summed E-state index contributed by atoms with van der Waals surface area (Å²) in [7, 11) is 0. The van der Waals surface area contributed by atoms with Crippen molar-refractivity contribution < 1.29 is 4.74 Å². The summed E-state index contributed by atoms with van der Waals surface area (Å²) < 4.78 is 5.75. The minimum atomic E-state index is 0.783. The van der Waals surface area contributed by atoms with Crippen molar-refractivity contribution >= 4 is 0 Å². The molecular formula is C24H34N2O. The molecule has 27 heavy (non-hydrogen) atoms. The fourth-order valence-electron chi connectivity index (χ4n) is 3.86. The molecule has 1 atom stereocenters. The Morgan fingerprint density at radius 1 is 1.00 bits per heavy atom. The van der Waals surface area contributed by atoms with E-state index >= 15 is 0 Å². The number of benzene rings is 1. The molecule has 0 fully saturated rings. The number of unbranched alkanes of at least 4 members (excludes halogenated alkanes) is 4. The molecule has 0 saturated heterocycles. The summed E-state index contributed by atoms with van der Waals surface area (Å²) in [6, 6.07) is 8.20. The van der Waals surface area contributed by atoms with Gasteiger partial charge >= 0.3 is 0 Å². The molecule has 3 heteroatoms. The van der Waals surface area contributed by atoms with Gasteiger partial charge in [0.15, 0.2) is 5.82 Å². The highest BCUT2D eigenvalue weighted by atomic mass is 16.5. The average molecular weight is 367 g/mol. The Labute approximate surface area is 164 Å². The van der Waals surface area contributed by atoms with Gasteiger partial charge < -0.3 is 4.74 Å². The Hall–Kier alpha value is -1.90. The monoisotopic (exact) mass is 366 g/mol. The SMILES string of the molecule is CCCCCCC1CCc2nc(-c3ccc(OCCCC)cc3)ncc2C1. The van der Waals surface area contributed by atoms with Gasteiger partial charge in [-0.15, -0.1) is 0 Å². The summed E-state index contributed by atoms with van der Waals surface area (Å²) in [5.41, 5.74) is 3.69. The Balaban J connectivity index is 1.58. The molecule has 0 aliphatic heterocycles. The van der Waals surface area contributed by atoms with E-state index < -0.39 is 0 Å². The average Bonchev–Trinajstić information content (AvgIpc) is 2.71. The third kappa shape index (κ3) is 5.79. The van der Waals surface area contributed by atoms with E-state index in [-0.39, 0.29) is 0 Å². The highest BCUT2D eigenvalue weighted by Gasteiger charge is 2.20. The molecule has 0 bridgehead atoms. The minimum absolute atomic E-state index is 0.783. The van der Waals surface area contributed by atoms with Gasteiger partial charge in [-0.25, -0.2) is 9.97 Å². The normalized spacial score (nSPS) is 16.1. The largest absolute Gasteiger partial charge is 0.494 e. The number of hydrogen-bond acceptors (Lipinski definition) is 3. The van der Waals surface area contributed by atoms with Crippen molar-refractivity contribution in [1.29, 1.82) is 0 Å². The van der Waals surface area contributed by atoms with Crippen molar-refractivity contribution in [2.24, 2.45) is 5.92 Å². The summed E-state index contributed by atoms with van der Waals surface area (Å²) in [5, 5.41) is 0. The van der Waals surface area contributed by atoms with E-state index in [0.717, 1.165) is 55.3 Å². The molecule has 2 aromatic rings. The van der Waals surface area contributed by atoms with E-state index in [1.54, 1.807) is 0 Å². The van der Waals surface area contributed by atoms with Gasteiger partial charge in [0.1, 0.15) is 5.75 Å². The lowest BCUT2D eigenvalue weighted by atomic mass is 9.84. The molecule has 1 aromatic carbocycles. The van der Waals surface area contributed by atoms with E-state index in [1.807, 2.05) is 12.1 Å². The third-order valence-corrected chi connectivity index (χ3v) is 5.60. The number of ether oxygens (including phenoxy) is 1. The molecule has 0 saturated carbocycles. The predicted molar refractivity (Wildman–Crippen MR) is 112 cm³/mol. The van der Waals surface area contributed by atoms with Crippen LogP contribution in [0.1, 0.15) is 76.5 Å². The first-order valence-corrected chi connectivity index (χ1v) is 10.9. The van der Waals surface area contributed by atoms with Crippen molar-refractivity contribution in [3.05, 3.63) is 41.7 Å². The zero-order valence-corrected chi connectivity index (χ0v) is 17.0. The lowest BCUT2D eigenvalue weighted by Gasteiger charge is -2.24. The summed E-state index contributed by atoms with van der Waals surface area (Å²) in [6.45, 7) is 5.23. The van der Waals surface area contributed by atoms with E-state index in [1.165, 1.54) is 49.8 Å². The van der Waals surface area contributed by atoms with Gasteiger partial charge in [0.05, 0.1) is 6.61 Å². The van der Waals surface area contributed by atoms with Crippen LogP contribution < -0.4 is 4.74 Å². The number of rotatable bonds is 10. The lowest BCUT2D eigenvalue weighted by molar-refractivity contribution is 0.309. The van der Waals surface area contributed by atoms with Crippen LogP contribution in [0.4, 0.5) is 0 Å². The molecule has 3 nitrogen and oxygen atoms in total. The van der Waals surface area contributed by atoms with E-state index in [2.05, 4.69) is 37.2 Å². The topological polar surface area (TPSA) is 35.0 Å². The maximum atomic E-state index is 5.75. The fraction of sp³-hybridized carbons (Fsp3) is 0.583. The van der Waals surface area contributed by atoms with Gasteiger partial charge in [-0.05, 0) is 61.4 Å². The highest BCUT2D eigenvalue weighted by molar-refractivity contribution is 5.56. The van der Waals surface area contributed by atoms with Crippen LogP contribution in [0.15, 0.2) is 30.5 Å². The first-order chi connectivity index (χ1) is 13.3. The molecule has 1 unspecified atom stereocenters. The number of fused-ring (bicyclic) bond motifs is 1. The van der Waals surface area contributed by atoms with Crippen LogP contribution in [0.5, 0.6) is 5.75 Å². The summed E-state index contributed by atoms with van der Waals surface area (Å²) in [6.07, 6.45) is 14.7. The van der Waals surface area contributed by atoms with Crippen molar-refractivity contribution in [2.75, 3.05) is 6.61 Å². The fourth-order valence-corrected chi connectivity index (χ4v) is 3.86. The second kappa shape index (κ2) is 10.4. The van der Waals surface area contributed by atoms with Crippen LogP contribution in [0.2, 0.25) is 0 Å². The van der Waals surface area contributed by atoms with Crippen molar-refractivity contribution in [3.8, 4) is 17.1 Å². The van der Waals surface area contributed by atoms with Gasteiger partial charge in [-0.2, -0.15) is 0 Å². The molecule has 3 rings (SSSR count). The molecule has 1 aliphatic rings. The second-order valence-corrected chi connectivity index (χ2v) is 7.85. The van der Waals surface area contributed by atoms with Gasteiger partial charge in [-0.3, -0.25) is 0 Å². The third-order valence-electron chi connectivity index (χ3n) is 5.60. The van der Waals surface area contributed by atoms with Gasteiger partial charge in [0.2, 0.25) is 0 Å². The van der Waals surface area contributed by atoms with Crippen LogP contribution in [-0.2, 0) is 12.8 Å². The standard InChI is InChI=1S/C24H34N2O/c1-3-5-7-8-9-19-10-15-23-21(17-19)18-25-24(26-23)20-11-13-22(14-12-20)27-16-6-4-2/h11-14,18-19H,3-10,15-17H2,1-2H3. The summed E-state index contributed by atoms with van der Waals surface area (Å²) >= 11 is 0. The van der Waals surface area contributed by atoms with Crippen LogP contribution in [0.25, 0.3) is 11.4 Å². The van der Waals surface area contributed by atoms with Crippen molar-refractivity contribution in [3.63, 3.8) is 0 Å². The predicted octanol–water partition coefficient (Wildman–Crippen LogP) is 6.40. The first kappa shape index (κ1) is 19.9. The Kier molecular flexibility index (Phi) is 7.67. The zero-order chi connectivity index (χ0) is 18.9. The van der Waals surface area contributed by atoms with E-state index in [9.17, 15) is 0 Å². The van der Waals surface area contributed by atoms with Gasteiger partial charge in [-0.1, -0.05) is 52.4 Å². The molecule has 1 aromatic heterocycles. The molecule has 1 aliphatic carbocycles. The number of aryl methyl sites for hydroxylation is 1. The Morgan fingerprint density at radius 2 is 1.81 bits per heavy atom. The van der Waals surface area contributed by atoms with E-state index in [4.69, 9.17) is 9.72 Å². The van der Waals surface area contributed by atoms with Crippen LogP contribution >= 0.6 is 0 Å². The van der Waals surface area contributed by atoms with Crippen molar-refractivity contribution in [1.82, 2.24) is 9.97 Å². The van der Waals surface area contributed by atoms with Crippen LogP contribution in [0, 0.1) is 5.92 Å². The summed E-state index contributed by atoms with van der Waals surface area (Å²) in [5.74, 6) is 2.59. The first-order valence-electron chi connectivity index (χ1n) is 10.9. The van der Waals surface area contributed by atoms with Crippen LogP contribution in [0.3, 0.4) is 0 Å². The Bertz CT molecular complexity index is 696. The molecule has 0 amide bonds. The molecule has 146 valence electrons. The maximum absolute atomic E-state index is 5.75. The number of hydrogen-bond donors (Lipinski definition) is 0. The Morgan fingerprint density at radius 3 is 2.59 bits per heavy atom. The lowest BCUT2D eigenvalue weighted by Crippen LogP contribution is -2.16. The number of aromatic nitrogens is 2. The zero-order valence-electron chi connectivity index (χ0n) is 17.0.